The summed E-state index contributed by atoms with van der Waals surface area (Å²) in [6, 6.07) is 5.17. The third-order valence-electron chi connectivity index (χ3n) is 3.68. The van der Waals surface area contributed by atoms with Crippen LogP contribution in [0.2, 0.25) is 0 Å². The van der Waals surface area contributed by atoms with Crippen LogP contribution in [0.15, 0.2) is 41.3 Å². The van der Waals surface area contributed by atoms with Crippen molar-refractivity contribution in [2.24, 2.45) is 0 Å². The minimum Gasteiger partial charge on any atom is -0.306 e. The Bertz CT molecular complexity index is 1020. The van der Waals surface area contributed by atoms with Crippen molar-refractivity contribution < 1.29 is 22.4 Å². The van der Waals surface area contributed by atoms with Gasteiger partial charge in [-0.3, -0.25) is 14.0 Å². The molecule has 0 aliphatic rings. The fourth-order valence-corrected chi connectivity index (χ4v) is 2.42. The predicted molar refractivity (Wildman–Crippen MR) is 79.9 cm³/mol. The first-order valence-corrected chi connectivity index (χ1v) is 7.12. The van der Waals surface area contributed by atoms with E-state index in [1.807, 2.05) is 0 Å². The molecule has 0 unspecified atom stereocenters. The van der Waals surface area contributed by atoms with Crippen LogP contribution < -0.4 is 5.56 Å². The standard InChI is InChI=1S/C16H11F4N3O2/c1-9-7-23-14(25)6-13(16(18,19)20)21-15(23)22(9)8-12(24)10-2-4-11(17)5-3-10/h2-7H,8H2,1H3. The fraction of sp³-hybridized carbons (Fsp3) is 0.188. The normalized spacial score (nSPS) is 11.9. The minimum atomic E-state index is -4.78. The summed E-state index contributed by atoms with van der Waals surface area (Å²) in [6.07, 6.45) is -3.47. The third kappa shape index (κ3) is 3.17. The summed E-state index contributed by atoms with van der Waals surface area (Å²) >= 11 is 0. The van der Waals surface area contributed by atoms with E-state index < -0.39 is 29.0 Å². The lowest BCUT2D eigenvalue weighted by molar-refractivity contribution is -0.141. The molecule has 2 heterocycles. The van der Waals surface area contributed by atoms with Crippen molar-refractivity contribution in [2.75, 3.05) is 0 Å². The van der Waals surface area contributed by atoms with Gasteiger partial charge in [0.15, 0.2) is 11.5 Å². The predicted octanol–water partition coefficient (Wildman–Crippen LogP) is 2.85. The molecule has 0 fully saturated rings. The summed E-state index contributed by atoms with van der Waals surface area (Å²) in [5.41, 5.74) is -1.64. The number of imidazole rings is 1. The van der Waals surface area contributed by atoms with Crippen LogP contribution in [0.5, 0.6) is 0 Å². The molecule has 0 bridgehead atoms. The van der Waals surface area contributed by atoms with Crippen LogP contribution in [-0.4, -0.2) is 19.7 Å². The summed E-state index contributed by atoms with van der Waals surface area (Å²) in [4.78, 5) is 27.7. The first kappa shape index (κ1) is 16.9. The van der Waals surface area contributed by atoms with Gasteiger partial charge >= 0.3 is 6.18 Å². The van der Waals surface area contributed by atoms with E-state index in [1.54, 1.807) is 6.92 Å². The number of halogens is 4. The van der Waals surface area contributed by atoms with Crippen LogP contribution in [0.4, 0.5) is 17.6 Å². The molecule has 3 aromatic rings. The Morgan fingerprint density at radius 1 is 1.20 bits per heavy atom. The number of benzene rings is 1. The maximum atomic E-state index is 12.9. The SMILES string of the molecule is Cc1cn2c(=O)cc(C(F)(F)F)nc2n1CC(=O)c1ccc(F)cc1. The van der Waals surface area contributed by atoms with E-state index in [0.29, 0.717) is 11.8 Å². The molecular formula is C16H11F4N3O2. The maximum absolute atomic E-state index is 12.9. The Kier molecular flexibility index (Phi) is 3.94. The van der Waals surface area contributed by atoms with E-state index in [9.17, 15) is 27.2 Å². The lowest BCUT2D eigenvalue weighted by Gasteiger charge is -2.09. The molecule has 0 aliphatic carbocycles. The van der Waals surface area contributed by atoms with Gasteiger partial charge in [0.1, 0.15) is 5.82 Å². The van der Waals surface area contributed by atoms with Crippen LogP contribution in [0, 0.1) is 12.7 Å². The molecule has 5 nitrogen and oxygen atoms in total. The third-order valence-corrected chi connectivity index (χ3v) is 3.68. The van der Waals surface area contributed by atoms with Crippen LogP contribution >= 0.6 is 0 Å². The molecule has 0 atom stereocenters. The number of ketones is 1. The highest BCUT2D eigenvalue weighted by atomic mass is 19.4. The zero-order valence-corrected chi connectivity index (χ0v) is 12.8. The van der Waals surface area contributed by atoms with Crippen molar-refractivity contribution in [3.63, 3.8) is 0 Å². The molecule has 0 N–H and O–H groups in total. The Balaban J connectivity index is 2.08. The Labute approximate surface area is 138 Å². The monoisotopic (exact) mass is 353 g/mol. The second-order valence-electron chi connectivity index (χ2n) is 5.43. The summed E-state index contributed by atoms with van der Waals surface area (Å²) in [5.74, 6) is -1.25. The molecular weight excluding hydrogens is 342 g/mol. The van der Waals surface area contributed by atoms with Crippen LogP contribution in [0.25, 0.3) is 5.78 Å². The molecule has 25 heavy (non-hydrogen) atoms. The van der Waals surface area contributed by atoms with Gasteiger partial charge in [0.05, 0.1) is 6.54 Å². The van der Waals surface area contributed by atoms with Gasteiger partial charge in [-0.25, -0.2) is 9.37 Å². The van der Waals surface area contributed by atoms with Crippen molar-refractivity contribution in [2.45, 2.75) is 19.6 Å². The lowest BCUT2D eigenvalue weighted by atomic mass is 10.1. The van der Waals surface area contributed by atoms with Gasteiger partial charge in [0, 0.05) is 23.5 Å². The second kappa shape index (κ2) is 5.83. The van der Waals surface area contributed by atoms with Crippen molar-refractivity contribution in [1.29, 1.82) is 0 Å². The zero-order chi connectivity index (χ0) is 18.4. The topological polar surface area (TPSA) is 56.4 Å². The number of hydrogen-bond acceptors (Lipinski definition) is 3. The number of carbonyl (C=O) groups is 1. The number of alkyl halides is 3. The highest BCUT2D eigenvalue weighted by molar-refractivity contribution is 5.96. The quantitative estimate of drug-likeness (QED) is 0.537. The number of aromatic nitrogens is 3. The number of fused-ring (bicyclic) bond motifs is 1. The first-order chi connectivity index (χ1) is 11.7. The molecule has 0 radical (unpaired) electrons. The van der Waals surface area contributed by atoms with E-state index in [4.69, 9.17) is 0 Å². The molecule has 3 rings (SSSR count). The highest BCUT2D eigenvalue weighted by Crippen LogP contribution is 2.27. The van der Waals surface area contributed by atoms with Gasteiger partial charge in [-0.05, 0) is 31.2 Å². The lowest BCUT2D eigenvalue weighted by Crippen LogP contribution is -2.21. The Hall–Kier alpha value is -2.97. The molecule has 2 aromatic heterocycles. The Morgan fingerprint density at radius 2 is 1.84 bits per heavy atom. The molecule has 0 amide bonds. The minimum absolute atomic E-state index is 0.196. The fourth-order valence-electron chi connectivity index (χ4n) is 2.42. The zero-order valence-electron chi connectivity index (χ0n) is 12.8. The average Bonchev–Trinajstić information content (AvgIpc) is 2.84. The van der Waals surface area contributed by atoms with E-state index in [2.05, 4.69) is 4.98 Å². The van der Waals surface area contributed by atoms with Gasteiger partial charge in [0.25, 0.3) is 5.56 Å². The van der Waals surface area contributed by atoms with E-state index >= 15 is 0 Å². The van der Waals surface area contributed by atoms with Gasteiger partial charge in [-0.2, -0.15) is 13.2 Å². The second-order valence-corrected chi connectivity index (χ2v) is 5.43. The van der Waals surface area contributed by atoms with Gasteiger partial charge in [-0.1, -0.05) is 0 Å². The average molecular weight is 353 g/mol. The number of hydrogen-bond donors (Lipinski definition) is 0. The van der Waals surface area contributed by atoms with Crippen LogP contribution in [0.3, 0.4) is 0 Å². The van der Waals surface area contributed by atoms with Gasteiger partial charge in [-0.15, -0.1) is 0 Å². The number of Topliss-reactive ketones (excluding diaryl/α,β-unsaturated/α-hetero) is 1. The molecule has 0 spiro atoms. The van der Waals surface area contributed by atoms with Crippen molar-refractivity contribution in [1.82, 2.24) is 14.0 Å². The molecule has 1 aromatic carbocycles. The summed E-state index contributed by atoms with van der Waals surface area (Å²) < 4.78 is 53.7. The molecule has 9 heteroatoms. The number of rotatable bonds is 3. The van der Waals surface area contributed by atoms with Crippen molar-refractivity contribution >= 4 is 11.6 Å². The number of nitrogens with zero attached hydrogens (tertiary/aromatic N) is 3. The summed E-state index contributed by atoms with van der Waals surface area (Å²) in [6.45, 7) is 1.21. The van der Waals surface area contributed by atoms with Crippen molar-refractivity contribution in [3.8, 4) is 0 Å². The number of aryl methyl sites for hydroxylation is 1. The summed E-state index contributed by atoms with van der Waals surface area (Å²) in [5, 5.41) is 0. The van der Waals surface area contributed by atoms with E-state index in [1.165, 1.54) is 22.9 Å². The van der Waals surface area contributed by atoms with Crippen molar-refractivity contribution in [3.05, 3.63) is 69.7 Å². The molecule has 130 valence electrons. The maximum Gasteiger partial charge on any atom is 0.433 e. The van der Waals surface area contributed by atoms with Crippen LogP contribution in [0.1, 0.15) is 21.7 Å². The largest absolute Gasteiger partial charge is 0.433 e. The Morgan fingerprint density at radius 3 is 2.44 bits per heavy atom. The van der Waals surface area contributed by atoms with Gasteiger partial charge < -0.3 is 4.57 Å². The first-order valence-electron chi connectivity index (χ1n) is 7.12. The molecule has 0 saturated heterocycles. The molecule has 0 aliphatic heterocycles. The van der Waals surface area contributed by atoms with Gasteiger partial charge in [0.2, 0.25) is 5.78 Å². The highest BCUT2D eigenvalue weighted by Gasteiger charge is 2.34. The van der Waals surface area contributed by atoms with Crippen LogP contribution in [-0.2, 0) is 12.7 Å². The molecule has 0 saturated carbocycles. The summed E-state index contributed by atoms with van der Waals surface area (Å²) in [7, 11) is 0. The smallest absolute Gasteiger partial charge is 0.306 e. The van der Waals surface area contributed by atoms with E-state index in [0.717, 1.165) is 16.5 Å². The van der Waals surface area contributed by atoms with E-state index in [-0.39, 0.29) is 17.9 Å². The number of carbonyl (C=O) groups excluding carboxylic acids is 1.